The molecule has 3 rings (SSSR count). The number of hydrogen-bond donors (Lipinski definition) is 1. The average molecular weight is 385 g/mol. The van der Waals surface area contributed by atoms with E-state index in [2.05, 4.69) is 4.98 Å². The molecular weight excluding hydrogens is 371 g/mol. The highest BCUT2D eigenvalue weighted by Gasteiger charge is 2.42. The standard InChI is InChI=1S/C16H14Cl2N2O3S/c1-16(15(22)23)4-5-20(8-16)14(21)12-7-24-13(19-12)10-3-2-9(17)6-11(10)18/h2-3,6-7H,4-5,8H2,1H3,(H,22,23). The van der Waals surface area contributed by atoms with E-state index in [1.54, 1.807) is 30.5 Å². The first kappa shape index (κ1) is 17.2. The summed E-state index contributed by atoms with van der Waals surface area (Å²) in [6.45, 7) is 2.26. The molecule has 2 heterocycles. The predicted octanol–water partition coefficient (Wildman–Crippen LogP) is 4.05. The van der Waals surface area contributed by atoms with Crippen LogP contribution in [0.4, 0.5) is 0 Å². The van der Waals surface area contributed by atoms with Crippen molar-refractivity contribution in [2.45, 2.75) is 13.3 Å². The molecule has 1 saturated heterocycles. The Hall–Kier alpha value is -1.63. The van der Waals surface area contributed by atoms with Crippen LogP contribution in [0.25, 0.3) is 10.6 Å². The van der Waals surface area contributed by atoms with Gasteiger partial charge in [0.25, 0.3) is 5.91 Å². The van der Waals surface area contributed by atoms with Gasteiger partial charge in [-0.3, -0.25) is 9.59 Å². The molecule has 1 unspecified atom stereocenters. The second kappa shape index (κ2) is 6.35. The zero-order chi connectivity index (χ0) is 17.5. The molecule has 1 aliphatic rings. The van der Waals surface area contributed by atoms with E-state index in [-0.39, 0.29) is 12.5 Å². The lowest BCUT2D eigenvalue weighted by atomic mass is 9.90. The zero-order valence-corrected chi connectivity index (χ0v) is 15.1. The van der Waals surface area contributed by atoms with Crippen LogP contribution in [-0.4, -0.2) is 40.0 Å². The lowest BCUT2D eigenvalue weighted by Crippen LogP contribution is -2.35. The molecule has 1 amide bonds. The highest BCUT2D eigenvalue weighted by molar-refractivity contribution is 7.13. The average Bonchev–Trinajstić information content (AvgIpc) is 3.14. The molecule has 24 heavy (non-hydrogen) atoms. The number of benzene rings is 1. The molecule has 0 bridgehead atoms. The van der Waals surface area contributed by atoms with Gasteiger partial charge in [-0.15, -0.1) is 11.3 Å². The first-order valence-corrected chi connectivity index (χ1v) is 8.87. The maximum Gasteiger partial charge on any atom is 0.311 e. The first-order chi connectivity index (χ1) is 11.3. The largest absolute Gasteiger partial charge is 0.481 e. The Bertz CT molecular complexity index is 823. The van der Waals surface area contributed by atoms with E-state index >= 15 is 0 Å². The van der Waals surface area contributed by atoms with E-state index in [1.807, 2.05) is 0 Å². The molecule has 1 N–H and O–H groups in total. The molecule has 0 aliphatic carbocycles. The molecule has 1 atom stereocenters. The highest BCUT2D eigenvalue weighted by Crippen LogP contribution is 2.34. The van der Waals surface area contributed by atoms with Crippen LogP contribution in [0, 0.1) is 5.41 Å². The molecular formula is C16H14Cl2N2O3S. The summed E-state index contributed by atoms with van der Waals surface area (Å²) in [6, 6.07) is 5.10. The van der Waals surface area contributed by atoms with E-state index in [1.165, 1.54) is 16.2 Å². The SMILES string of the molecule is CC1(C(=O)O)CCN(C(=O)c2csc(-c3ccc(Cl)cc3Cl)n2)C1. The smallest absolute Gasteiger partial charge is 0.311 e. The van der Waals surface area contributed by atoms with Gasteiger partial charge in [0.2, 0.25) is 0 Å². The molecule has 0 saturated carbocycles. The Labute approximate surface area is 152 Å². The van der Waals surface area contributed by atoms with Crippen LogP contribution in [0.2, 0.25) is 10.0 Å². The number of carbonyl (C=O) groups excluding carboxylic acids is 1. The number of nitrogens with zero attached hydrogens (tertiary/aromatic N) is 2. The second-order valence-corrected chi connectivity index (χ2v) is 7.71. The Kier molecular flexibility index (Phi) is 4.55. The number of aromatic nitrogens is 1. The molecule has 1 aromatic heterocycles. The minimum atomic E-state index is -0.895. The quantitative estimate of drug-likeness (QED) is 0.865. The normalized spacial score (nSPS) is 20.4. The van der Waals surface area contributed by atoms with Gasteiger partial charge in [-0.2, -0.15) is 0 Å². The van der Waals surface area contributed by atoms with Gasteiger partial charge in [-0.1, -0.05) is 23.2 Å². The summed E-state index contributed by atoms with van der Waals surface area (Å²) < 4.78 is 0. The third kappa shape index (κ3) is 3.14. The number of likely N-dealkylation sites (tertiary alicyclic amines) is 1. The number of carboxylic acids is 1. The van der Waals surface area contributed by atoms with Crippen molar-refractivity contribution in [1.29, 1.82) is 0 Å². The second-order valence-electron chi connectivity index (χ2n) is 6.00. The van der Waals surface area contributed by atoms with Crippen LogP contribution in [0.5, 0.6) is 0 Å². The summed E-state index contributed by atoms with van der Waals surface area (Å²) in [5, 5.41) is 12.6. The van der Waals surface area contributed by atoms with Gasteiger partial charge in [0.05, 0.1) is 10.4 Å². The number of thiazole rings is 1. The number of halogens is 2. The molecule has 1 fully saturated rings. The first-order valence-electron chi connectivity index (χ1n) is 7.24. The summed E-state index contributed by atoms with van der Waals surface area (Å²) in [4.78, 5) is 29.8. The van der Waals surface area contributed by atoms with Crippen LogP contribution in [-0.2, 0) is 4.79 Å². The fourth-order valence-electron chi connectivity index (χ4n) is 2.63. The topological polar surface area (TPSA) is 70.5 Å². The molecule has 0 spiro atoms. The Morgan fingerprint density at radius 2 is 2.12 bits per heavy atom. The van der Waals surface area contributed by atoms with Crippen LogP contribution < -0.4 is 0 Å². The minimum absolute atomic E-state index is 0.190. The molecule has 1 aromatic carbocycles. The number of carboxylic acid groups (broad SMARTS) is 1. The highest BCUT2D eigenvalue weighted by atomic mass is 35.5. The van der Waals surface area contributed by atoms with E-state index in [4.69, 9.17) is 23.2 Å². The van der Waals surface area contributed by atoms with Crippen LogP contribution in [0.1, 0.15) is 23.8 Å². The summed E-state index contributed by atoms with van der Waals surface area (Å²) in [5.74, 6) is -1.14. The number of rotatable bonds is 3. The van der Waals surface area contributed by atoms with Gasteiger partial charge in [-0.05, 0) is 31.5 Å². The number of hydrogen-bond acceptors (Lipinski definition) is 4. The van der Waals surface area contributed by atoms with Crippen molar-refractivity contribution >= 4 is 46.4 Å². The maximum absolute atomic E-state index is 12.6. The van der Waals surface area contributed by atoms with Crippen molar-refractivity contribution in [1.82, 2.24) is 9.88 Å². The summed E-state index contributed by atoms with van der Waals surface area (Å²) in [6.07, 6.45) is 0.439. The van der Waals surface area contributed by atoms with Crippen LogP contribution in [0.15, 0.2) is 23.6 Å². The number of carbonyl (C=O) groups is 2. The molecule has 0 radical (unpaired) electrons. The predicted molar refractivity (Wildman–Crippen MR) is 93.8 cm³/mol. The maximum atomic E-state index is 12.6. The monoisotopic (exact) mass is 384 g/mol. The van der Waals surface area contributed by atoms with Crippen molar-refractivity contribution in [3.8, 4) is 10.6 Å². The molecule has 1 aliphatic heterocycles. The molecule has 126 valence electrons. The van der Waals surface area contributed by atoms with Crippen molar-refractivity contribution in [3.05, 3.63) is 39.3 Å². The third-order valence-electron chi connectivity index (χ3n) is 4.16. The van der Waals surface area contributed by atoms with Gasteiger partial charge in [0, 0.05) is 29.1 Å². The Balaban J connectivity index is 1.81. The van der Waals surface area contributed by atoms with E-state index in [9.17, 15) is 14.7 Å². The van der Waals surface area contributed by atoms with Gasteiger partial charge in [-0.25, -0.2) is 4.98 Å². The zero-order valence-electron chi connectivity index (χ0n) is 12.8. The van der Waals surface area contributed by atoms with Gasteiger partial charge >= 0.3 is 5.97 Å². The molecule has 8 heteroatoms. The van der Waals surface area contributed by atoms with Crippen molar-refractivity contribution in [2.24, 2.45) is 5.41 Å². The van der Waals surface area contributed by atoms with Crippen molar-refractivity contribution < 1.29 is 14.7 Å². The van der Waals surface area contributed by atoms with Crippen molar-refractivity contribution in [3.63, 3.8) is 0 Å². The fraction of sp³-hybridized carbons (Fsp3) is 0.312. The number of aliphatic carboxylic acids is 1. The fourth-order valence-corrected chi connectivity index (χ4v) is 4.02. The Morgan fingerprint density at radius 1 is 1.38 bits per heavy atom. The van der Waals surface area contributed by atoms with Gasteiger partial charge in [0.1, 0.15) is 10.7 Å². The van der Waals surface area contributed by atoms with Gasteiger partial charge in [0.15, 0.2) is 0 Å². The molecule has 2 aromatic rings. The lowest BCUT2D eigenvalue weighted by molar-refractivity contribution is -0.147. The van der Waals surface area contributed by atoms with E-state index in [0.717, 1.165) is 0 Å². The summed E-state index contributed by atoms with van der Waals surface area (Å²) in [5.41, 5.74) is 0.117. The third-order valence-corrected chi connectivity index (χ3v) is 5.59. The lowest BCUT2D eigenvalue weighted by Gasteiger charge is -2.19. The van der Waals surface area contributed by atoms with E-state index < -0.39 is 11.4 Å². The van der Waals surface area contributed by atoms with E-state index in [0.29, 0.717) is 39.3 Å². The summed E-state index contributed by atoms with van der Waals surface area (Å²) in [7, 11) is 0. The number of amides is 1. The minimum Gasteiger partial charge on any atom is -0.481 e. The van der Waals surface area contributed by atoms with Crippen LogP contribution >= 0.6 is 34.5 Å². The van der Waals surface area contributed by atoms with Gasteiger partial charge < -0.3 is 10.0 Å². The van der Waals surface area contributed by atoms with Crippen molar-refractivity contribution in [2.75, 3.05) is 13.1 Å². The summed E-state index contributed by atoms with van der Waals surface area (Å²) >= 11 is 13.4. The van der Waals surface area contributed by atoms with Crippen LogP contribution in [0.3, 0.4) is 0 Å². The Morgan fingerprint density at radius 3 is 2.75 bits per heavy atom. The molecule has 5 nitrogen and oxygen atoms in total.